The molecule has 2 atom stereocenters. The predicted molar refractivity (Wildman–Crippen MR) is 93.9 cm³/mol. The summed E-state index contributed by atoms with van der Waals surface area (Å²) in [6, 6.07) is 7.43. The zero-order chi connectivity index (χ0) is 16.9. The van der Waals surface area contributed by atoms with Crippen LogP contribution in [0.1, 0.15) is 31.6 Å². The topological polar surface area (TPSA) is 62.4 Å². The monoisotopic (exact) mass is 349 g/mol. The Labute approximate surface area is 147 Å². The molecule has 1 aromatic carbocycles. The van der Waals surface area contributed by atoms with E-state index >= 15 is 0 Å². The van der Waals surface area contributed by atoms with Crippen molar-refractivity contribution >= 4 is 11.6 Å². The second-order valence-electron chi connectivity index (χ2n) is 6.65. The Kier molecular flexibility index (Phi) is 5.87. The maximum atomic E-state index is 10.1. The minimum Gasteiger partial charge on any atom is -0.393 e. The fourth-order valence-corrected chi connectivity index (χ4v) is 3.47. The fourth-order valence-electron chi connectivity index (χ4n) is 3.28. The number of benzene rings is 1. The summed E-state index contributed by atoms with van der Waals surface area (Å²) < 4.78 is 5.34. The van der Waals surface area contributed by atoms with Gasteiger partial charge in [-0.15, -0.1) is 0 Å². The summed E-state index contributed by atoms with van der Waals surface area (Å²) in [5.41, 5.74) is 0.858. The van der Waals surface area contributed by atoms with E-state index in [9.17, 15) is 5.11 Å². The lowest BCUT2D eigenvalue weighted by Crippen LogP contribution is -2.35. The highest BCUT2D eigenvalue weighted by Crippen LogP contribution is 2.25. The van der Waals surface area contributed by atoms with Gasteiger partial charge in [0, 0.05) is 30.1 Å². The van der Waals surface area contributed by atoms with E-state index in [4.69, 9.17) is 16.1 Å². The van der Waals surface area contributed by atoms with Crippen LogP contribution in [0.5, 0.6) is 0 Å². The minimum absolute atomic E-state index is 0.154. The second kappa shape index (κ2) is 8.10. The molecule has 0 saturated heterocycles. The summed E-state index contributed by atoms with van der Waals surface area (Å²) in [5, 5.41) is 14.8. The Bertz CT molecular complexity index is 661. The molecule has 0 spiro atoms. The van der Waals surface area contributed by atoms with Gasteiger partial charge in [0.25, 0.3) is 0 Å². The average molecular weight is 350 g/mol. The number of rotatable bonds is 6. The van der Waals surface area contributed by atoms with Gasteiger partial charge in [-0.3, -0.25) is 0 Å². The van der Waals surface area contributed by atoms with Gasteiger partial charge in [-0.25, -0.2) is 0 Å². The van der Waals surface area contributed by atoms with Crippen LogP contribution < -0.4 is 0 Å². The molecule has 0 bridgehead atoms. The first-order valence-electron chi connectivity index (χ1n) is 8.57. The van der Waals surface area contributed by atoms with E-state index in [0.29, 0.717) is 29.1 Å². The van der Waals surface area contributed by atoms with Gasteiger partial charge in [0.15, 0.2) is 0 Å². The van der Waals surface area contributed by atoms with E-state index in [2.05, 4.69) is 22.1 Å². The van der Waals surface area contributed by atoms with Crippen LogP contribution in [0.15, 0.2) is 28.8 Å². The third kappa shape index (κ3) is 4.56. The standard InChI is InChI=1S/C18H24ClN3O2/c1-22(12-14-5-2-3-8-16(14)23)10-9-17-20-18(21-24-17)13-6-4-7-15(19)11-13/h4,6-7,11,14,16,23H,2-3,5,8-10,12H2,1H3. The largest absolute Gasteiger partial charge is 0.393 e. The summed E-state index contributed by atoms with van der Waals surface area (Å²) in [6.07, 6.45) is 4.97. The predicted octanol–water partition coefficient (Wildman–Crippen LogP) is 3.42. The Morgan fingerprint density at radius 2 is 2.17 bits per heavy atom. The molecule has 1 aliphatic rings. The maximum absolute atomic E-state index is 10.1. The summed E-state index contributed by atoms with van der Waals surface area (Å²) in [7, 11) is 2.08. The quantitative estimate of drug-likeness (QED) is 0.865. The van der Waals surface area contributed by atoms with E-state index in [1.807, 2.05) is 24.3 Å². The molecule has 0 aliphatic heterocycles. The fraction of sp³-hybridized carbons (Fsp3) is 0.556. The Balaban J connectivity index is 1.51. The number of likely N-dealkylation sites (N-methyl/N-ethyl adjacent to an activating group) is 1. The van der Waals surface area contributed by atoms with Crippen molar-refractivity contribution in [2.45, 2.75) is 38.2 Å². The van der Waals surface area contributed by atoms with Crippen molar-refractivity contribution in [2.75, 3.05) is 20.1 Å². The molecule has 1 aromatic heterocycles. The lowest BCUT2D eigenvalue weighted by Gasteiger charge is -2.31. The summed E-state index contributed by atoms with van der Waals surface area (Å²) in [6.45, 7) is 1.75. The zero-order valence-electron chi connectivity index (χ0n) is 14.0. The third-order valence-electron chi connectivity index (χ3n) is 4.67. The third-order valence-corrected chi connectivity index (χ3v) is 4.91. The van der Waals surface area contributed by atoms with Crippen LogP contribution in [0, 0.1) is 5.92 Å². The zero-order valence-corrected chi connectivity index (χ0v) is 14.7. The molecule has 130 valence electrons. The Morgan fingerprint density at radius 3 is 2.96 bits per heavy atom. The van der Waals surface area contributed by atoms with E-state index in [0.717, 1.165) is 37.9 Å². The van der Waals surface area contributed by atoms with E-state index in [1.165, 1.54) is 6.42 Å². The van der Waals surface area contributed by atoms with Crippen LogP contribution in [0.2, 0.25) is 5.02 Å². The molecule has 0 amide bonds. The van der Waals surface area contributed by atoms with Crippen molar-refractivity contribution in [3.8, 4) is 11.4 Å². The van der Waals surface area contributed by atoms with Crippen LogP contribution in [0.4, 0.5) is 0 Å². The Morgan fingerprint density at radius 1 is 1.33 bits per heavy atom. The van der Waals surface area contributed by atoms with Crippen LogP contribution in [-0.2, 0) is 6.42 Å². The minimum atomic E-state index is -0.154. The van der Waals surface area contributed by atoms with Gasteiger partial charge in [0.1, 0.15) is 0 Å². The van der Waals surface area contributed by atoms with Crippen molar-refractivity contribution in [2.24, 2.45) is 5.92 Å². The molecular formula is C18H24ClN3O2. The van der Waals surface area contributed by atoms with E-state index in [1.54, 1.807) is 0 Å². The van der Waals surface area contributed by atoms with Crippen molar-refractivity contribution in [3.63, 3.8) is 0 Å². The highest BCUT2D eigenvalue weighted by Gasteiger charge is 2.24. The number of aromatic nitrogens is 2. The summed E-state index contributed by atoms with van der Waals surface area (Å²) in [5.74, 6) is 1.58. The van der Waals surface area contributed by atoms with Crippen molar-refractivity contribution < 1.29 is 9.63 Å². The highest BCUT2D eigenvalue weighted by molar-refractivity contribution is 6.30. The van der Waals surface area contributed by atoms with Gasteiger partial charge >= 0.3 is 0 Å². The van der Waals surface area contributed by atoms with Crippen LogP contribution in [-0.4, -0.2) is 46.4 Å². The molecule has 2 unspecified atom stereocenters. The molecule has 3 rings (SSSR count). The normalized spacial score (nSPS) is 21.3. The van der Waals surface area contributed by atoms with Crippen molar-refractivity contribution in [3.05, 3.63) is 35.2 Å². The van der Waals surface area contributed by atoms with Crippen LogP contribution in [0.25, 0.3) is 11.4 Å². The number of aliphatic hydroxyl groups is 1. The molecule has 1 saturated carbocycles. The highest BCUT2D eigenvalue weighted by atomic mass is 35.5. The first-order chi connectivity index (χ1) is 11.6. The molecule has 24 heavy (non-hydrogen) atoms. The number of halogens is 1. The molecule has 6 heteroatoms. The molecule has 1 fully saturated rings. The molecule has 1 aliphatic carbocycles. The van der Waals surface area contributed by atoms with Gasteiger partial charge in [0.05, 0.1) is 6.10 Å². The SMILES string of the molecule is CN(CCc1nc(-c2cccc(Cl)c2)no1)CC1CCCCC1O. The van der Waals surface area contributed by atoms with E-state index < -0.39 is 0 Å². The van der Waals surface area contributed by atoms with Crippen LogP contribution >= 0.6 is 11.6 Å². The first kappa shape index (κ1) is 17.4. The summed E-state index contributed by atoms with van der Waals surface area (Å²) in [4.78, 5) is 6.68. The smallest absolute Gasteiger partial charge is 0.228 e. The van der Waals surface area contributed by atoms with Crippen molar-refractivity contribution in [1.82, 2.24) is 15.0 Å². The van der Waals surface area contributed by atoms with Gasteiger partial charge in [-0.05, 0) is 37.9 Å². The van der Waals surface area contributed by atoms with Gasteiger partial charge in [-0.2, -0.15) is 4.98 Å². The molecule has 0 radical (unpaired) electrons. The van der Waals surface area contributed by atoms with E-state index in [-0.39, 0.29) is 6.10 Å². The molecule has 5 nitrogen and oxygen atoms in total. The van der Waals surface area contributed by atoms with Crippen LogP contribution in [0.3, 0.4) is 0 Å². The lowest BCUT2D eigenvalue weighted by molar-refractivity contribution is 0.0513. The number of nitrogens with zero attached hydrogens (tertiary/aromatic N) is 3. The molecule has 1 N–H and O–H groups in total. The second-order valence-corrected chi connectivity index (χ2v) is 7.08. The molecule has 2 aromatic rings. The van der Waals surface area contributed by atoms with Gasteiger partial charge in [0.2, 0.25) is 11.7 Å². The first-order valence-corrected chi connectivity index (χ1v) is 8.95. The maximum Gasteiger partial charge on any atom is 0.228 e. The number of hydrogen-bond acceptors (Lipinski definition) is 5. The summed E-state index contributed by atoms with van der Waals surface area (Å²) >= 11 is 6.00. The Hall–Kier alpha value is -1.43. The van der Waals surface area contributed by atoms with Gasteiger partial charge in [-0.1, -0.05) is 41.7 Å². The van der Waals surface area contributed by atoms with Gasteiger partial charge < -0.3 is 14.5 Å². The number of hydrogen-bond donors (Lipinski definition) is 1. The average Bonchev–Trinajstić information content (AvgIpc) is 3.04. The molecular weight excluding hydrogens is 326 g/mol. The lowest BCUT2D eigenvalue weighted by atomic mass is 9.86. The molecule has 1 heterocycles. The van der Waals surface area contributed by atoms with Crippen molar-refractivity contribution in [1.29, 1.82) is 0 Å². The number of aliphatic hydroxyl groups excluding tert-OH is 1.